The van der Waals surface area contributed by atoms with Gasteiger partial charge in [0.25, 0.3) is 0 Å². The SMILES string of the molecule is C=C1COCCSCCSCCSCCOC1. The molecule has 0 saturated carbocycles. The van der Waals surface area contributed by atoms with Gasteiger partial charge >= 0.3 is 0 Å². The van der Waals surface area contributed by atoms with Gasteiger partial charge in [-0.1, -0.05) is 6.58 Å². The summed E-state index contributed by atoms with van der Waals surface area (Å²) in [5.74, 6) is 7.17. The predicted octanol–water partition coefficient (Wildman–Crippen LogP) is 2.79. The van der Waals surface area contributed by atoms with Crippen LogP contribution in [0.25, 0.3) is 0 Å². The molecule has 0 amide bonds. The van der Waals surface area contributed by atoms with Crippen LogP contribution in [0, 0.1) is 0 Å². The lowest BCUT2D eigenvalue weighted by Gasteiger charge is -2.09. The first-order chi connectivity index (χ1) is 8.39. The van der Waals surface area contributed by atoms with Crippen molar-refractivity contribution in [1.29, 1.82) is 0 Å². The molecule has 100 valence electrons. The zero-order chi connectivity index (χ0) is 12.2. The quantitative estimate of drug-likeness (QED) is 0.638. The van der Waals surface area contributed by atoms with Crippen LogP contribution in [0.3, 0.4) is 0 Å². The molecule has 0 aliphatic carbocycles. The summed E-state index contributed by atoms with van der Waals surface area (Å²) in [6.07, 6.45) is 0. The van der Waals surface area contributed by atoms with Crippen LogP contribution in [-0.2, 0) is 9.47 Å². The summed E-state index contributed by atoms with van der Waals surface area (Å²) < 4.78 is 11.1. The van der Waals surface area contributed by atoms with Gasteiger partial charge in [-0.25, -0.2) is 0 Å². The molecule has 0 unspecified atom stereocenters. The van der Waals surface area contributed by atoms with E-state index in [0.29, 0.717) is 13.2 Å². The van der Waals surface area contributed by atoms with Crippen LogP contribution in [0.1, 0.15) is 0 Å². The highest BCUT2D eigenvalue weighted by Gasteiger charge is 1.98. The zero-order valence-corrected chi connectivity index (χ0v) is 12.8. The van der Waals surface area contributed by atoms with E-state index < -0.39 is 0 Å². The Morgan fingerprint density at radius 1 is 0.706 bits per heavy atom. The van der Waals surface area contributed by atoms with Crippen molar-refractivity contribution < 1.29 is 9.47 Å². The van der Waals surface area contributed by atoms with Gasteiger partial charge in [0.15, 0.2) is 0 Å². The van der Waals surface area contributed by atoms with Crippen LogP contribution in [-0.4, -0.2) is 60.9 Å². The molecule has 0 radical (unpaired) electrons. The lowest BCUT2D eigenvalue weighted by Crippen LogP contribution is -2.08. The Balaban J connectivity index is 2.11. The van der Waals surface area contributed by atoms with E-state index in [1.165, 1.54) is 23.0 Å². The first kappa shape index (κ1) is 15.8. The molecule has 0 bridgehead atoms. The standard InChI is InChI=1S/C12H22O2S3/c1-12-10-13-2-4-15-6-8-17-9-7-16-5-3-14-11-12/h1-11H2. The molecule has 1 fully saturated rings. The molecule has 0 spiro atoms. The highest BCUT2D eigenvalue weighted by molar-refractivity contribution is 8.04. The van der Waals surface area contributed by atoms with Crippen molar-refractivity contribution in [1.82, 2.24) is 0 Å². The minimum Gasteiger partial charge on any atom is -0.376 e. The molecule has 1 aliphatic rings. The van der Waals surface area contributed by atoms with E-state index in [-0.39, 0.29) is 0 Å². The van der Waals surface area contributed by atoms with Crippen molar-refractivity contribution in [3.63, 3.8) is 0 Å². The van der Waals surface area contributed by atoms with Gasteiger partial charge in [-0.2, -0.15) is 35.3 Å². The fourth-order valence-corrected chi connectivity index (χ4v) is 4.22. The van der Waals surface area contributed by atoms with Crippen molar-refractivity contribution in [2.24, 2.45) is 0 Å². The second-order valence-corrected chi connectivity index (χ2v) is 7.37. The Labute approximate surface area is 118 Å². The van der Waals surface area contributed by atoms with Gasteiger partial charge in [0.1, 0.15) is 0 Å². The fraction of sp³-hybridized carbons (Fsp3) is 0.833. The highest BCUT2D eigenvalue weighted by Crippen LogP contribution is 2.10. The number of hydrogen-bond donors (Lipinski definition) is 0. The molecule has 5 heteroatoms. The number of hydrogen-bond acceptors (Lipinski definition) is 5. The largest absolute Gasteiger partial charge is 0.376 e. The third kappa shape index (κ3) is 10.3. The highest BCUT2D eigenvalue weighted by atomic mass is 32.2. The molecule has 1 aliphatic heterocycles. The maximum absolute atomic E-state index is 5.53. The average Bonchev–Trinajstić information content (AvgIpc) is 2.32. The molecule has 0 aromatic heterocycles. The molecule has 17 heavy (non-hydrogen) atoms. The minimum atomic E-state index is 0.641. The summed E-state index contributed by atoms with van der Waals surface area (Å²) in [6.45, 7) is 6.88. The molecular formula is C12H22O2S3. The van der Waals surface area contributed by atoms with E-state index in [1.54, 1.807) is 0 Å². The van der Waals surface area contributed by atoms with Gasteiger partial charge in [0.2, 0.25) is 0 Å². The van der Waals surface area contributed by atoms with Crippen LogP contribution < -0.4 is 0 Å². The van der Waals surface area contributed by atoms with Crippen LogP contribution in [0.4, 0.5) is 0 Å². The molecule has 0 aromatic rings. The molecular weight excluding hydrogens is 272 g/mol. The van der Waals surface area contributed by atoms with E-state index in [9.17, 15) is 0 Å². The van der Waals surface area contributed by atoms with Gasteiger partial charge in [0.05, 0.1) is 26.4 Å². The third-order valence-corrected chi connectivity index (χ3v) is 5.50. The topological polar surface area (TPSA) is 18.5 Å². The van der Waals surface area contributed by atoms with E-state index in [4.69, 9.17) is 9.47 Å². The van der Waals surface area contributed by atoms with Crippen molar-refractivity contribution >= 4 is 35.3 Å². The molecule has 1 saturated heterocycles. The van der Waals surface area contributed by atoms with Gasteiger partial charge in [-0.3, -0.25) is 0 Å². The second kappa shape index (κ2) is 11.8. The zero-order valence-electron chi connectivity index (χ0n) is 10.3. The van der Waals surface area contributed by atoms with Gasteiger partial charge in [-0.05, 0) is 5.57 Å². The van der Waals surface area contributed by atoms with Crippen LogP contribution in [0.2, 0.25) is 0 Å². The normalized spacial score (nSPS) is 23.4. The van der Waals surface area contributed by atoms with Crippen LogP contribution in [0.5, 0.6) is 0 Å². The monoisotopic (exact) mass is 294 g/mol. The molecule has 1 heterocycles. The van der Waals surface area contributed by atoms with Gasteiger partial charge in [0, 0.05) is 34.5 Å². The third-order valence-electron chi connectivity index (χ3n) is 2.10. The first-order valence-corrected chi connectivity index (χ1v) is 9.41. The van der Waals surface area contributed by atoms with Crippen molar-refractivity contribution in [2.45, 2.75) is 0 Å². The van der Waals surface area contributed by atoms with Crippen LogP contribution in [0.15, 0.2) is 12.2 Å². The number of rotatable bonds is 0. The maximum atomic E-state index is 5.53. The average molecular weight is 295 g/mol. The summed E-state index contributed by atoms with van der Waals surface area (Å²) in [5, 5.41) is 0. The Morgan fingerprint density at radius 2 is 1.12 bits per heavy atom. The Kier molecular flexibility index (Phi) is 10.9. The second-order valence-electron chi connectivity index (χ2n) is 3.69. The Bertz CT molecular complexity index is 182. The predicted molar refractivity (Wildman–Crippen MR) is 82.8 cm³/mol. The summed E-state index contributed by atoms with van der Waals surface area (Å²) in [5.41, 5.74) is 1.04. The lowest BCUT2D eigenvalue weighted by atomic mass is 10.3. The molecule has 0 aromatic carbocycles. The Hall–Kier alpha value is 0.710. The van der Waals surface area contributed by atoms with E-state index in [1.807, 2.05) is 23.5 Å². The smallest absolute Gasteiger partial charge is 0.0696 e. The molecule has 2 nitrogen and oxygen atoms in total. The number of thioether (sulfide) groups is 3. The summed E-state index contributed by atoms with van der Waals surface area (Å²) in [6, 6.07) is 0. The van der Waals surface area contributed by atoms with E-state index in [2.05, 4.69) is 18.3 Å². The summed E-state index contributed by atoms with van der Waals surface area (Å²) >= 11 is 6.01. The lowest BCUT2D eigenvalue weighted by molar-refractivity contribution is 0.134. The summed E-state index contributed by atoms with van der Waals surface area (Å²) in [7, 11) is 0. The molecule has 0 N–H and O–H groups in total. The number of ether oxygens (including phenoxy) is 2. The van der Waals surface area contributed by atoms with Crippen LogP contribution >= 0.6 is 35.3 Å². The van der Waals surface area contributed by atoms with Crippen molar-refractivity contribution in [3.8, 4) is 0 Å². The van der Waals surface area contributed by atoms with E-state index >= 15 is 0 Å². The van der Waals surface area contributed by atoms with Gasteiger partial charge < -0.3 is 9.47 Å². The first-order valence-electron chi connectivity index (χ1n) is 5.95. The van der Waals surface area contributed by atoms with Gasteiger partial charge in [-0.15, -0.1) is 0 Å². The molecule has 0 atom stereocenters. The van der Waals surface area contributed by atoms with E-state index in [0.717, 1.165) is 30.3 Å². The molecule has 1 rings (SSSR count). The maximum Gasteiger partial charge on any atom is 0.0696 e. The Morgan fingerprint density at radius 3 is 1.59 bits per heavy atom. The van der Waals surface area contributed by atoms with Crippen molar-refractivity contribution in [3.05, 3.63) is 12.2 Å². The summed E-state index contributed by atoms with van der Waals surface area (Å²) in [4.78, 5) is 0. The van der Waals surface area contributed by atoms with Crippen molar-refractivity contribution in [2.75, 3.05) is 60.9 Å². The minimum absolute atomic E-state index is 0.641. The fourth-order valence-electron chi connectivity index (χ4n) is 1.25.